The molecule has 0 aliphatic carbocycles. The van der Waals surface area contributed by atoms with Gasteiger partial charge in [-0.3, -0.25) is 4.79 Å². The van der Waals surface area contributed by atoms with Crippen molar-refractivity contribution in [3.63, 3.8) is 0 Å². The molecule has 7 heteroatoms. The van der Waals surface area contributed by atoms with Crippen molar-refractivity contribution in [1.29, 1.82) is 0 Å². The number of amides is 1. The van der Waals surface area contributed by atoms with Crippen molar-refractivity contribution in [3.05, 3.63) is 70.3 Å². The normalized spacial score (nSPS) is 10.7. The number of aryl methyl sites for hydroxylation is 1. The van der Waals surface area contributed by atoms with Crippen LogP contribution in [0.5, 0.6) is 0 Å². The first-order valence-electron chi connectivity index (χ1n) is 7.22. The lowest BCUT2D eigenvalue weighted by Gasteiger charge is -2.08. The molecule has 0 bridgehead atoms. The molecule has 1 amide bonds. The second-order valence-electron chi connectivity index (χ2n) is 5.30. The van der Waals surface area contributed by atoms with Crippen LogP contribution in [-0.4, -0.2) is 20.9 Å². The number of anilines is 1. The van der Waals surface area contributed by atoms with Gasteiger partial charge in [-0.25, -0.2) is 9.07 Å². The molecule has 0 saturated carbocycles. The molecule has 5 nitrogen and oxygen atoms in total. The summed E-state index contributed by atoms with van der Waals surface area (Å²) in [5, 5.41) is 11.1. The number of carbonyl (C=O) groups is 1. The second kappa shape index (κ2) is 6.41. The van der Waals surface area contributed by atoms with E-state index in [0.29, 0.717) is 27.7 Å². The molecule has 122 valence electrons. The fourth-order valence-electron chi connectivity index (χ4n) is 2.37. The van der Waals surface area contributed by atoms with Gasteiger partial charge in [-0.15, -0.1) is 5.10 Å². The molecule has 0 aliphatic heterocycles. The zero-order chi connectivity index (χ0) is 17.3. The highest BCUT2D eigenvalue weighted by Gasteiger charge is 2.19. The number of carbonyl (C=O) groups excluding carboxylic acids is 1. The van der Waals surface area contributed by atoms with Crippen LogP contribution in [0, 0.1) is 19.7 Å². The molecule has 1 N–H and O–H groups in total. The van der Waals surface area contributed by atoms with E-state index >= 15 is 0 Å². The number of hydrogen-bond acceptors (Lipinski definition) is 3. The van der Waals surface area contributed by atoms with Crippen LogP contribution in [0.25, 0.3) is 5.69 Å². The smallest absolute Gasteiger partial charge is 0.278 e. The molecule has 0 aliphatic rings. The van der Waals surface area contributed by atoms with E-state index in [9.17, 15) is 9.18 Å². The van der Waals surface area contributed by atoms with E-state index in [-0.39, 0.29) is 11.5 Å². The Balaban J connectivity index is 1.92. The van der Waals surface area contributed by atoms with Crippen LogP contribution in [0.4, 0.5) is 10.1 Å². The summed E-state index contributed by atoms with van der Waals surface area (Å²) in [5.74, 6) is -0.739. The highest BCUT2D eigenvalue weighted by atomic mass is 35.5. The molecule has 3 rings (SSSR count). The molecular formula is C17H14ClFN4O. The predicted octanol–water partition coefficient (Wildman–Crippen LogP) is 3.93. The van der Waals surface area contributed by atoms with Crippen molar-refractivity contribution in [2.24, 2.45) is 0 Å². The Labute approximate surface area is 143 Å². The SMILES string of the molecule is Cc1cc(F)ccc1-n1nnc(C(=O)Nc2ccccc2Cl)c1C. The van der Waals surface area contributed by atoms with Crippen LogP contribution >= 0.6 is 11.6 Å². The van der Waals surface area contributed by atoms with E-state index in [1.807, 2.05) is 0 Å². The number of nitrogens with zero attached hydrogens (tertiary/aromatic N) is 3. The third-order valence-electron chi connectivity index (χ3n) is 3.62. The minimum atomic E-state index is -0.411. The summed E-state index contributed by atoms with van der Waals surface area (Å²) in [6, 6.07) is 11.3. The lowest BCUT2D eigenvalue weighted by Crippen LogP contribution is -2.14. The summed E-state index contributed by atoms with van der Waals surface area (Å²) in [5.41, 5.74) is 2.59. The predicted molar refractivity (Wildman–Crippen MR) is 90.2 cm³/mol. The maximum atomic E-state index is 13.3. The van der Waals surface area contributed by atoms with Gasteiger partial charge in [0.1, 0.15) is 5.82 Å². The Hall–Kier alpha value is -2.73. The van der Waals surface area contributed by atoms with Gasteiger partial charge in [0.15, 0.2) is 5.69 Å². The Morgan fingerprint density at radius 1 is 1.21 bits per heavy atom. The van der Waals surface area contributed by atoms with Gasteiger partial charge in [-0.2, -0.15) is 0 Å². The minimum Gasteiger partial charge on any atom is -0.319 e. The number of halogens is 2. The number of rotatable bonds is 3. The highest BCUT2D eigenvalue weighted by molar-refractivity contribution is 6.33. The summed E-state index contributed by atoms with van der Waals surface area (Å²) in [7, 11) is 0. The molecule has 3 aromatic rings. The van der Waals surface area contributed by atoms with E-state index in [0.717, 1.165) is 0 Å². The Morgan fingerprint density at radius 2 is 1.96 bits per heavy atom. The molecule has 1 heterocycles. The van der Waals surface area contributed by atoms with Crippen LogP contribution in [0.2, 0.25) is 5.02 Å². The van der Waals surface area contributed by atoms with Crippen molar-refractivity contribution in [2.75, 3.05) is 5.32 Å². The number of hydrogen-bond donors (Lipinski definition) is 1. The monoisotopic (exact) mass is 344 g/mol. The summed E-state index contributed by atoms with van der Waals surface area (Å²) in [6.45, 7) is 3.49. The van der Waals surface area contributed by atoms with Gasteiger partial charge in [-0.1, -0.05) is 28.9 Å². The van der Waals surface area contributed by atoms with Gasteiger partial charge in [-0.05, 0) is 49.7 Å². The molecule has 0 saturated heterocycles. The number of aromatic nitrogens is 3. The summed E-state index contributed by atoms with van der Waals surface area (Å²) >= 11 is 6.04. The van der Waals surface area contributed by atoms with Crippen molar-refractivity contribution in [3.8, 4) is 5.69 Å². The second-order valence-corrected chi connectivity index (χ2v) is 5.71. The minimum absolute atomic E-state index is 0.179. The van der Waals surface area contributed by atoms with Gasteiger partial charge in [0, 0.05) is 0 Å². The molecule has 0 fully saturated rings. The lowest BCUT2D eigenvalue weighted by molar-refractivity contribution is 0.102. The maximum absolute atomic E-state index is 13.3. The van der Waals surface area contributed by atoms with Crippen molar-refractivity contribution >= 4 is 23.2 Å². The Kier molecular flexibility index (Phi) is 4.31. The maximum Gasteiger partial charge on any atom is 0.278 e. The van der Waals surface area contributed by atoms with Crippen LogP contribution in [0.15, 0.2) is 42.5 Å². The number of para-hydroxylation sites is 1. The van der Waals surface area contributed by atoms with Crippen molar-refractivity contribution < 1.29 is 9.18 Å². The summed E-state index contributed by atoms with van der Waals surface area (Å²) in [6.07, 6.45) is 0. The van der Waals surface area contributed by atoms with Crippen LogP contribution in [0.3, 0.4) is 0 Å². The Bertz CT molecular complexity index is 923. The molecule has 0 radical (unpaired) electrons. The van der Waals surface area contributed by atoms with E-state index in [2.05, 4.69) is 15.6 Å². The fraction of sp³-hybridized carbons (Fsp3) is 0.118. The van der Waals surface area contributed by atoms with Crippen LogP contribution in [-0.2, 0) is 0 Å². The van der Waals surface area contributed by atoms with Gasteiger partial charge < -0.3 is 5.32 Å². The summed E-state index contributed by atoms with van der Waals surface area (Å²) in [4.78, 5) is 12.4. The topological polar surface area (TPSA) is 59.8 Å². The molecule has 2 aromatic carbocycles. The molecule has 0 atom stereocenters. The standard InChI is InChI=1S/C17H14ClFN4O/c1-10-9-12(19)7-8-15(10)23-11(2)16(21-22-23)17(24)20-14-6-4-3-5-13(14)18/h3-9H,1-2H3,(H,20,24). The lowest BCUT2D eigenvalue weighted by atomic mass is 10.2. The summed E-state index contributed by atoms with van der Waals surface area (Å²) < 4.78 is 14.8. The van der Waals surface area contributed by atoms with Crippen molar-refractivity contribution in [2.45, 2.75) is 13.8 Å². The molecule has 1 aromatic heterocycles. The van der Waals surface area contributed by atoms with Crippen LogP contribution in [0.1, 0.15) is 21.7 Å². The van der Waals surface area contributed by atoms with E-state index in [1.165, 1.54) is 16.8 Å². The largest absolute Gasteiger partial charge is 0.319 e. The van der Waals surface area contributed by atoms with Gasteiger partial charge in [0.2, 0.25) is 0 Å². The number of benzene rings is 2. The first-order chi connectivity index (χ1) is 11.5. The van der Waals surface area contributed by atoms with Gasteiger partial charge in [0.25, 0.3) is 5.91 Å². The zero-order valence-electron chi connectivity index (χ0n) is 13.0. The van der Waals surface area contributed by atoms with E-state index < -0.39 is 5.91 Å². The quantitative estimate of drug-likeness (QED) is 0.783. The van der Waals surface area contributed by atoms with Crippen molar-refractivity contribution in [1.82, 2.24) is 15.0 Å². The van der Waals surface area contributed by atoms with Gasteiger partial charge >= 0.3 is 0 Å². The van der Waals surface area contributed by atoms with E-state index in [4.69, 9.17) is 11.6 Å². The molecule has 0 unspecified atom stereocenters. The first-order valence-corrected chi connectivity index (χ1v) is 7.60. The zero-order valence-corrected chi connectivity index (χ0v) is 13.8. The average Bonchev–Trinajstić information content (AvgIpc) is 2.91. The van der Waals surface area contributed by atoms with Gasteiger partial charge in [0.05, 0.1) is 22.1 Å². The third-order valence-corrected chi connectivity index (χ3v) is 3.95. The molecular weight excluding hydrogens is 331 g/mol. The fourth-order valence-corrected chi connectivity index (χ4v) is 2.55. The average molecular weight is 345 g/mol. The highest BCUT2D eigenvalue weighted by Crippen LogP contribution is 2.22. The molecule has 0 spiro atoms. The number of nitrogens with one attached hydrogen (secondary N) is 1. The van der Waals surface area contributed by atoms with E-state index in [1.54, 1.807) is 44.2 Å². The first kappa shape index (κ1) is 16.1. The Morgan fingerprint density at radius 3 is 2.67 bits per heavy atom. The molecule has 24 heavy (non-hydrogen) atoms. The third kappa shape index (κ3) is 3.00. The van der Waals surface area contributed by atoms with Crippen LogP contribution < -0.4 is 5.32 Å².